The number of aliphatic hydroxyl groups excluding tert-OH is 1. The Balaban J connectivity index is 2.11. The van der Waals surface area contributed by atoms with Crippen molar-refractivity contribution >= 4 is 5.78 Å². The van der Waals surface area contributed by atoms with Gasteiger partial charge in [-0.2, -0.15) is 0 Å². The second-order valence-electron chi connectivity index (χ2n) is 5.92. The van der Waals surface area contributed by atoms with Crippen molar-refractivity contribution in [3.8, 4) is 0 Å². The average molecular weight is 278 g/mol. The highest BCUT2D eigenvalue weighted by atomic mass is 16.3. The van der Waals surface area contributed by atoms with Gasteiger partial charge < -0.3 is 9.67 Å². The second kappa shape index (κ2) is 6.55. The molecule has 0 amide bonds. The zero-order valence-electron chi connectivity index (χ0n) is 12.9. The van der Waals surface area contributed by atoms with Gasteiger partial charge in [0.2, 0.25) is 0 Å². The summed E-state index contributed by atoms with van der Waals surface area (Å²) in [6, 6.07) is 2.12. The number of ketones is 1. The van der Waals surface area contributed by atoms with E-state index in [0.717, 1.165) is 42.8 Å². The fourth-order valence-corrected chi connectivity index (χ4v) is 3.06. The Morgan fingerprint density at radius 1 is 1.35 bits per heavy atom. The molecule has 0 aliphatic carbocycles. The Hall–Kier alpha value is -1.13. The fourth-order valence-electron chi connectivity index (χ4n) is 3.06. The van der Waals surface area contributed by atoms with Crippen LogP contribution in [0, 0.1) is 13.8 Å². The molecule has 4 nitrogen and oxygen atoms in total. The van der Waals surface area contributed by atoms with Gasteiger partial charge in [-0.05, 0) is 39.3 Å². The summed E-state index contributed by atoms with van der Waals surface area (Å²) in [6.45, 7) is 5.51. The van der Waals surface area contributed by atoms with E-state index < -0.39 is 0 Å². The summed E-state index contributed by atoms with van der Waals surface area (Å²) in [5.41, 5.74) is 2.97. The third-order valence-electron chi connectivity index (χ3n) is 4.63. The van der Waals surface area contributed by atoms with Gasteiger partial charge in [0.25, 0.3) is 0 Å². The van der Waals surface area contributed by atoms with Crippen LogP contribution in [0.15, 0.2) is 6.07 Å². The van der Waals surface area contributed by atoms with E-state index in [9.17, 15) is 9.90 Å². The molecule has 112 valence electrons. The van der Waals surface area contributed by atoms with Gasteiger partial charge in [0, 0.05) is 30.0 Å². The summed E-state index contributed by atoms with van der Waals surface area (Å²) < 4.78 is 2.05. The highest BCUT2D eigenvalue weighted by molar-refractivity contribution is 5.99. The average Bonchev–Trinajstić information content (AvgIpc) is 2.62. The third-order valence-corrected chi connectivity index (χ3v) is 4.63. The summed E-state index contributed by atoms with van der Waals surface area (Å²) in [5, 5.41) is 9.52. The molecule has 1 unspecified atom stereocenters. The van der Waals surface area contributed by atoms with Crippen LogP contribution in [0.4, 0.5) is 0 Å². The van der Waals surface area contributed by atoms with E-state index in [1.165, 1.54) is 6.42 Å². The summed E-state index contributed by atoms with van der Waals surface area (Å²) >= 11 is 0. The quantitative estimate of drug-likeness (QED) is 0.858. The minimum atomic E-state index is 0.145. The minimum Gasteiger partial charge on any atom is -0.395 e. The standard InChI is InChI=1S/C16H26N2O2/c1-12-9-15(13(2)17(12)3)16(20)10-18-8-6-4-5-7-14(18)11-19/h9,14,19H,4-8,10-11H2,1-3H3. The molecule has 1 N–H and O–H groups in total. The topological polar surface area (TPSA) is 45.5 Å². The number of hydrogen-bond donors (Lipinski definition) is 1. The van der Waals surface area contributed by atoms with E-state index >= 15 is 0 Å². The maximum atomic E-state index is 12.5. The molecule has 2 rings (SSSR count). The molecule has 1 aliphatic heterocycles. The van der Waals surface area contributed by atoms with Crippen LogP contribution in [0.3, 0.4) is 0 Å². The molecule has 0 spiro atoms. The van der Waals surface area contributed by atoms with Gasteiger partial charge in [0.05, 0.1) is 13.2 Å². The zero-order valence-corrected chi connectivity index (χ0v) is 12.9. The Kier molecular flexibility index (Phi) is 5.00. The van der Waals surface area contributed by atoms with Crippen molar-refractivity contribution in [2.75, 3.05) is 19.7 Å². The molecule has 1 aromatic heterocycles. The number of rotatable bonds is 4. The van der Waals surface area contributed by atoms with E-state index in [0.29, 0.717) is 6.54 Å². The van der Waals surface area contributed by atoms with Crippen LogP contribution in [0.25, 0.3) is 0 Å². The van der Waals surface area contributed by atoms with Crippen LogP contribution in [-0.2, 0) is 7.05 Å². The monoisotopic (exact) mass is 278 g/mol. The molecular formula is C16H26N2O2. The zero-order chi connectivity index (χ0) is 14.7. The van der Waals surface area contributed by atoms with Crippen molar-refractivity contribution < 1.29 is 9.90 Å². The Morgan fingerprint density at radius 3 is 2.70 bits per heavy atom. The van der Waals surface area contributed by atoms with Crippen LogP contribution in [0.2, 0.25) is 0 Å². The Labute approximate surface area is 121 Å². The number of nitrogens with zero attached hydrogens (tertiary/aromatic N) is 2. The van der Waals surface area contributed by atoms with Gasteiger partial charge in [-0.25, -0.2) is 0 Å². The first-order chi connectivity index (χ1) is 9.54. The maximum absolute atomic E-state index is 12.5. The van der Waals surface area contributed by atoms with Crippen molar-refractivity contribution in [2.45, 2.75) is 45.6 Å². The summed E-state index contributed by atoms with van der Waals surface area (Å²) in [6.07, 6.45) is 4.47. The van der Waals surface area contributed by atoms with Crippen LogP contribution >= 0.6 is 0 Å². The molecule has 20 heavy (non-hydrogen) atoms. The van der Waals surface area contributed by atoms with Crippen LogP contribution in [0.5, 0.6) is 0 Å². The second-order valence-corrected chi connectivity index (χ2v) is 5.92. The number of carbonyl (C=O) groups is 1. The summed E-state index contributed by atoms with van der Waals surface area (Å²) in [7, 11) is 1.99. The third kappa shape index (κ3) is 3.13. The van der Waals surface area contributed by atoms with Crippen LogP contribution < -0.4 is 0 Å². The van der Waals surface area contributed by atoms with Gasteiger partial charge in [0.15, 0.2) is 5.78 Å². The highest BCUT2D eigenvalue weighted by Gasteiger charge is 2.24. The molecule has 2 heterocycles. The molecule has 1 atom stereocenters. The maximum Gasteiger partial charge on any atom is 0.178 e. The van der Waals surface area contributed by atoms with E-state index in [-0.39, 0.29) is 18.4 Å². The largest absolute Gasteiger partial charge is 0.395 e. The first kappa shape index (κ1) is 15.3. The lowest BCUT2D eigenvalue weighted by Gasteiger charge is -2.27. The van der Waals surface area contributed by atoms with E-state index in [1.807, 2.05) is 27.0 Å². The summed E-state index contributed by atoms with van der Waals surface area (Å²) in [4.78, 5) is 14.7. The smallest absolute Gasteiger partial charge is 0.178 e. The molecule has 4 heteroatoms. The van der Waals surface area contributed by atoms with Crippen molar-refractivity contribution in [3.63, 3.8) is 0 Å². The highest BCUT2D eigenvalue weighted by Crippen LogP contribution is 2.19. The molecule has 0 aromatic carbocycles. The lowest BCUT2D eigenvalue weighted by Crippen LogP contribution is -2.41. The Bertz CT molecular complexity index is 479. The number of aliphatic hydroxyl groups is 1. The van der Waals surface area contributed by atoms with Gasteiger partial charge in [-0.3, -0.25) is 9.69 Å². The van der Waals surface area contributed by atoms with Gasteiger partial charge in [-0.15, -0.1) is 0 Å². The first-order valence-electron chi connectivity index (χ1n) is 7.55. The normalized spacial score (nSPS) is 20.9. The molecule has 0 radical (unpaired) electrons. The van der Waals surface area contributed by atoms with Crippen molar-refractivity contribution in [1.29, 1.82) is 0 Å². The number of aromatic nitrogens is 1. The van der Waals surface area contributed by atoms with Crippen molar-refractivity contribution in [2.24, 2.45) is 7.05 Å². The number of Topliss-reactive ketones (excluding diaryl/α,β-unsaturated/α-hetero) is 1. The molecule has 1 saturated heterocycles. The predicted octanol–water partition coefficient (Wildman–Crippen LogP) is 2.06. The molecule has 0 saturated carbocycles. The molecular weight excluding hydrogens is 252 g/mol. The van der Waals surface area contributed by atoms with Gasteiger partial charge >= 0.3 is 0 Å². The van der Waals surface area contributed by atoms with Crippen molar-refractivity contribution in [1.82, 2.24) is 9.47 Å². The summed E-state index contributed by atoms with van der Waals surface area (Å²) in [5.74, 6) is 0.173. The Morgan fingerprint density at radius 2 is 2.10 bits per heavy atom. The number of carbonyl (C=O) groups excluding carboxylic acids is 1. The number of likely N-dealkylation sites (tertiary alicyclic amines) is 1. The lowest BCUT2D eigenvalue weighted by molar-refractivity contribution is 0.0825. The van der Waals surface area contributed by atoms with E-state index in [1.54, 1.807) is 0 Å². The van der Waals surface area contributed by atoms with Crippen molar-refractivity contribution in [3.05, 3.63) is 23.0 Å². The van der Waals surface area contributed by atoms with E-state index in [4.69, 9.17) is 0 Å². The van der Waals surface area contributed by atoms with Crippen LogP contribution in [-0.4, -0.2) is 46.1 Å². The molecule has 1 aromatic rings. The first-order valence-corrected chi connectivity index (χ1v) is 7.55. The predicted molar refractivity (Wildman–Crippen MR) is 80.1 cm³/mol. The fraction of sp³-hybridized carbons (Fsp3) is 0.688. The number of aryl methyl sites for hydroxylation is 1. The minimum absolute atomic E-state index is 0.145. The van der Waals surface area contributed by atoms with Crippen LogP contribution in [0.1, 0.15) is 47.4 Å². The lowest BCUT2D eigenvalue weighted by atomic mass is 10.1. The van der Waals surface area contributed by atoms with Gasteiger partial charge in [-0.1, -0.05) is 12.8 Å². The molecule has 1 aliphatic rings. The molecule has 1 fully saturated rings. The number of hydrogen-bond acceptors (Lipinski definition) is 3. The SMILES string of the molecule is Cc1cc(C(=O)CN2CCCCCC2CO)c(C)n1C. The molecule has 0 bridgehead atoms. The van der Waals surface area contributed by atoms with Gasteiger partial charge in [0.1, 0.15) is 0 Å². The van der Waals surface area contributed by atoms with E-state index in [2.05, 4.69) is 9.47 Å².